The second-order valence-corrected chi connectivity index (χ2v) is 6.04. The quantitative estimate of drug-likeness (QED) is 0.765. The third-order valence-corrected chi connectivity index (χ3v) is 4.63. The molecular weight excluding hydrogens is 284 g/mol. The summed E-state index contributed by atoms with van der Waals surface area (Å²) in [6.07, 6.45) is 3.07. The van der Waals surface area contributed by atoms with Crippen molar-refractivity contribution in [3.05, 3.63) is 17.0 Å². The van der Waals surface area contributed by atoms with Crippen LogP contribution in [0.2, 0.25) is 0 Å². The molecule has 0 aliphatic carbocycles. The highest BCUT2D eigenvalue weighted by Gasteiger charge is 2.24. The third-order valence-electron chi connectivity index (χ3n) is 3.58. The van der Waals surface area contributed by atoms with Gasteiger partial charge in [0.15, 0.2) is 5.69 Å². The van der Waals surface area contributed by atoms with Crippen molar-refractivity contribution < 1.29 is 4.79 Å². The molecule has 1 aromatic heterocycles. The van der Waals surface area contributed by atoms with Crippen molar-refractivity contribution in [3.63, 3.8) is 0 Å². The Morgan fingerprint density at radius 1 is 1.37 bits per heavy atom. The molecule has 2 aliphatic heterocycles. The molecule has 5 nitrogen and oxygen atoms in total. The van der Waals surface area contributed by atoms with Gasteiger partial charge in [-0.2, -0.15) is 16.9 Å². The minimum absolute atomic E-state index is 0. The summed E-state index contributed by atoms with van der Waals surface area (Å²) in [6.45, 7) is 1.70. The van der Waals surface area contributed by atoms with Gasteiger partial charge in [-0.15, -0.1) is 12.4 Å². The van der Waals surface area contributed by atoms with Crippen molar-refractivity contribution in [2.45, 2.75) is 31.8 Å². The summed E-state index contributed by atoms with van der Waals surface area (Å²) in [7, 11) is 0. The van der Waals surface area contributed by atoms with Crippen LogP contribution in [0.1, 0.15) is 34.6 Å². The van der Waals surface area contributed by atoms with Gasteiger partial charge in [0.25, 0.3) is 5.91 Å². The first-order valence-corrected chi connectivity index (χ1v) is 7.65. The molecule has 7 heteroatoms. The van der Waals surface area contributed by atoms with Gasteiger partial charge in [-0.3, -0.25) is 9.89 Å². The molecule has 0 radical (unpaired) electrons. The fourth-order valence-corrected chi connectivity index (χ4v) is 3.62. The molecule has 19 heavy (non-hydrogen) atoms. The van der Waals surface area contributed by atoms with Crippen molar-refractivity contribution >= 4 is 30.1 Å². The first kappa shape index (κ1) is 14.7. The predicted octanol–water partition coefficient (Wildman–Crippen LogP) is 1.10. The number of aromatic amines is 1. The Kier molecular flexibility index (Phi) is 5.13. The Bertz CT molecular complexity index is 445. The molecule has 0 unspecified atom stereocenters. The Balaban J connectivity index is 0.00000133. The number of hydrogen-bond acceptors (Lipinski definition) is 4. The van der Waals surface area contributed by atoms with E-state index in [9.17, 15) is 4.79 Å². The standard InChI is InChI=1S/C12H18N4OS.ClH/c17-12(14-8-2-5-18-6-3-8)11-9-7-13-4-1-10(9)15-16-11;/h8,13H,1-7H2,(H,14,17)(H,15,16);1H. The lowest BCUT2D eigenvalue weighted by Crippen LogP contribution is -2.38. The van der Waals surface area contributed by atoms with Crippen molar-refractivity contribution in [1.82, 2.24) is 20.8 Å². The van der Waals surface area contributed by atoms with Crippen LogP contribution < -0.4 is 10.6 Å². The Labute approximate surface area is 123 Å². The van der Waals surface area contributed by atoms with E-state index in [0.29, 0.717) is 11.7 Å². The molecule has 0 spiro atoms. The minimum atomic E-state index is -0.0203. The summed E-state index contributed by atoms with van der Waals surface area (Å²) in [5.41, 5.74) is 2.73. The minimum Gasteiger partial charge on any atom is -0.348 e. The fraction of sp³-hybridized carbons (Fsp3) is 0.667. The number of nitrogens with one attached hydrogen (secondary N) is 3. The van der Waals surface area contributed by atoms with Crippen molar-refractivity contribution in [2.24, 2.45) is 0 Å². The lowest BCUT2D eigenvalue weighted by atomic mass is 10.1. The third kappa shape index (κ3) is 3.24. The van der Waals surface area contributed by atoms with Crippen molar-refractivity contribution in [3.8, 4) is 0 Å². The number of aromatic nitrogens is 2. The molecule has 3 heterocycles. The van der Waals surface area contributed by atoms with Crippen LogP contribution in [-0.2, 0) is 13.0 Å². The SMILES string of the molecule is Cl.O=C(NC1CCSCC1)c1n[nH]c2c1CNCC2. The molecule has 2 aliphatic rings. The fourth-order valence-electron chi connectivity index (χ4n) is 2.51. The maximum atomic E-state index is 12.2. The number of H-pyrrole nitrogens is 1. The maximum absolute atomic E-state index is 12.2. The first-order chi connectivity index (χ1) is 8.84. The van der Waals surface area contributed by atoms with Crippen LogP contribution >= 0.6 is 24.2 Å². The summed E-state index contributed by atoms with van der Waals surface area (Å²) in [5.74, 6) is 2.27. The summed E-state index contributed by atoms with van der Waals surface area (Å²) in [6, 6.07) is 0.322. The summed E-state index contributed by atoms with van der Waals surface area (Å²) in [4.78, 5) is 12.2. The lowest BCUT2D eigenvalue weighted by Gasteiger charge is -2.22. The van der Waals surface area contributed by atoms with E-state index in [0.717, 1.165) is 55.1 Å². The number of rotatable bonds is 2. The van der Waals surface area contributed by atoms with Crippen LogP contribution in [0.25, 0.3) is 0 Å². The highest BCUT2D eigenvalue weighted by molar-refractivity contribution is 7.99. The van der Waals surface area contributed by atoms with E-state index in [1.165, 1.54) is 0 Å². The van der Waals surface area contributed by atoms with Crippen molar-refractivity contribution in [2.75, 3.05) is 18.1 Å². The maximum Gasteiger partial charge on any atom is 0.272 e. The van der Waals surface area contributed by atoms with E-state index < -0.39 is 0 Å². The topological polar surface area (TPSA) is 69.8 Å². The monoisotopic (exact) mass is 302 g/mol. The van der Waals surface area contributed by atoms with Crippen LogP contribution in [0.15, 0.2) is 0 Å². The van der Waals surface area contributed by atoms with Gasteiger partial charge in [0.2, 0.25) is 0 Å². The predicted molar refractivity (Wildman–Crippen MR) is 79.1 cm³/mol. The Hall–Kier alpha value is -0.720. The molecule has 1 fully saturated rings. The van der Waals surface area contributed by atoms with E-state index in [4.69, 9.17) is 0 Å². The first-order valence-electron chi connectivity index (χ1n) is 6.50. The Morgan fingerprint density at radius 2 is 2.16 bits per heavy atom. The van der Waals surface area contributed by atoms with Gasteiger partial charge in [0, 0.05) is 36.8 Å². The van der Waals surface area contributed by atoms with Gasteiger partial charge in [-0.1, -0.05) is 0 Å². The van der Waals surface area contributed by atoms with Crippen molar-refractivity contribution in [1.29, 1.82) is 0 Å². The molecule has 0 atom stereocenters. The number of amides is 1. The smallest absolute Gasteiger partial charge is 0.272 e. The highest BCUT2D eigenvalue weighted by Crippen LogP contribution is 2.19. The average molecular weight is 303 g/mol. The van der Waals surface area contributed by atoms with E-state index in [-0.39, 0.29) is 18.3 Å². The van der Waals surface area contributed by atoms with E-state index in [1.807, 2.05) is 11.8 Å². The number of fused-ring (bicyclic) bond motifs is 1. The number of carbonyl (C=O) groups is 1. The molecule has 1 amide bonds. The zero-order valence-corrected chi connectivity index (χ0v) is 12.3. The average Bonchev–Trinajstić information content (AvgIpc) is 2.84. The van der Waals surface area contributed by atoms with Gasteiger partial charge in [-0.05, 0) is 24.3 Å². The molecule has 1 aromatic rings. The molecule has 1 saturated heterocycles. The van der Waals surface area contributed by atoms with Crippen LogP contribution in [-0.4, -0.2) is 40.2 Å². The van der Waals surface area contributed by atoms with Gasteiger partial charge in [-0.25, -0.2) is 0 Å². The van der Waals surface area contributed by atoms with Crippen LogP contribution in [0.4, 0.5) is 0 Å². The second-order valence-electron chi connectivity index (χ2n) is 4.82. The molecule has 0 bridgehead atoms. The van der Waals surface area contributed by atoms with Crippen LogP contribution in [0, 0.1) is 0 Å². The second kappa shape index (κ2) is 6.63. The normalized spacial score (nSPS) is 19.4. The van der Waals surface area contributed by atoms with E-state index >= 15 is 0 Å². The molecule has 0 saturated carbocycles. The Morgan fingerprint density at radius 3 is 2.95 bits per heavy atom. The number of nitrogens with zero attached hydrogens (tertiary/aromatic N) is 1. The summed E-state index contributed by atoms with van der Waals surface area (Å²) >= 11 is 1.96. The van der Waals surface area contributed by atoms with Crippen LogP contribution in [0.3, 0.4) is 0 Å². The zero-order chi connectivity index (χ0) is 12.4. The number of thioether (sulfide) groups is 1. The van der Waals surface area contributed by atoms with E-state index in [1.54, 1.807) is 0 Å². The van der Waals surface area contributed by atoms with Gasteiger partial charge >= 0.3 is 0 Å². The molecular formula is C12H19ClN4OS. The summed E-state index contributed by atoms with van der Waals surface area (Å²) < 4.78 is 0. The highest BCUT2D eigenvalue weighted by atomic mass is 35.5. The number of halogens is 1. The van der Waals surface area contributed by atoms with Gasteiger partial charge in [0.1, 0.15) is 0 Å². The number of hydrogen-bond donors (Lipinski definition) is 3. The van der Waals surface area contributed by atoms with Crippen LogP contribution in [0.5, 0.6) is 0 Å². The lowest BCUT2D eigenvalue weighted by molar-refractivity contribution is 0.0928. The number of carbonyl (C=O) groups excluding carboxylic acids is 1. The molecule has 3 N–H and O–H groups in total. The molecule has 106 valence electrons. The largest absolute Gasteiger partial charge is 0.348 e. The summed E-state index contributed by atoms with van der Waals surface area (Å²) in [5, 5.41) is 13.6. The molecule has 3 rings (SSSR count). The van der Waals surface area contributed by atoms with E-state index in [2.05, 4.69) is 20.8 Å². The molecule has 0 aromatic carbocycles. The zero-order valence-electron chi connectivity index (χ0n) is 10.7. The van der Waals surface area contributed by atoms with Gasteiger partial charge in [0.05, 0.1) is 0 Å². The van der Waals surface area contributed by atoms with Gasteiger partial charge < -0.3 is 10.6 Å².